The Morgan fingerprint density at radius 1 is 1.39 bits per heavy atom. The summed E-state index contributed by atoms with van der Waals surface area (Å²) < 4.78 is 0. The van der Waals surface area contributed by atoms with Crippen LogP contribution in [-0.4, -0.2) is 35.5 Å². The Morgan fingerprint density at radius 2 is 2.06 bits per heavy atom. The molecule has 4 nitrogen and oxygen atoms in total. The molecule has 0 saturated heterocycles. The molecule has 0 saturated carbocycles. The third-order valence-corrected chi connectivity index (χ3v) is 2.68. The lowest BCUT2D eigenvalue weighted by molar-refractivity contribution is -0.141. The van der Waals surface area contributed by atoms with Crippen molar-refractivity contribution >= 4 is 41.2 Å². The van der Waals surface area contributed by atoms with E-state index in [1.54, 1.807) is 18.2 Å². The van der Waals surface area contributed by atoms with Gasteiger partial charge in [0.05, 0.1) is 0 Å². The summed E-state index contributed by atoms with van der Waals surface area (Å²) in [5.74, 6) is -1.48. The van der Waals surface area contributed by atoms with Crippen LogP contribution in [0.4, 0.5) is 0 Å². The molecule has 1 rings (SSSR count). The van der Waals surface area contributed by atoms with Gasteiger partial charge in [-0.2, -0.15) is 0 Å². The maximum absolute atomic E-state index is 11.5. The molecule has 0 aliphatic rings. The number of amides is 1. The van der Waals surface area contributed by atoms with Crippen LogP contribution >= 0.6 is 23.2 Å². The zero-order valence-corrected chi connectivity index (χ0v) is 11.1. The van der Waals surface area contributed by atoms with Crippen molar-refractivity contribution in [3.8, 4) is 0 Å². The van der Waals surface area contributed by atoms with Gasteiger partial charge in [0.15, 0.2) is 0 Å². The number of carbonyl (C=O) groups is 2. The molecule has 1 aromatic rings. The van der Waals surface area contributed by atoms with Crippen LogP contribution in [0.1, 0.15) is 5.56 Å². The number of carboxylic acids is 1. The van der Waals surface area contributed by atoms with Gasteiger partial charge < -0.3 is 10.0 Å². The summed E-state index contributed by atoms with van der Waals surface area (Å²) in [7, 11) is 1.41. The van der Waals surface area contributed by atoms with Crippen molar-refractivity contribution in [2.24, 2.45) is 0 Å². The fourth-order valence-electron chi connectivity index (χ4n) is 1.21. The van der Waals surface area contributed by atoms with E-state index in [2.05, 4.69) is 0 Å². The van der Waals surface area contributed by atoms with Crippen molar-refractivity contribution in [3.63, 3.8) is 0 Å². The highest BCUT2D eigenvalue weighted by atomic mass is 35.5. The third kappa shape index (κ3) is 4.39. The molecule has 0 unspecified atom stereocenters. The topological polar surface area (TPSA) is 57.6 Å². The number of aliphatic carboxylic acids is 1. The highest BCUT2D eigenvalue weighted by Gasteiger charge is 2.08. The number of benzene rings is 1. The summed E-state index contributed by atoms with van der Waals surface area (Å²) in [5.41, 5.74) is 0.637. The van der Waals surface area contributed by atoms with E-state index in [9.17, 15) is 9.59 Å². The molecule has 96 valence electrons. The molecule has 1 amide bonds. The lowest BCUT2D eigenvalue weighted by atomic mass is 10.2. The van der Waals surface area contributed by atoms with E-state index in [1.807, 2.05) is 0 Å². The standard InChI is InChI=1S/C12H11Cl2NO3/c1-15(7-12(17)18)11(16)5-3-8-2-4-9(13)6-10(8)14/h2-6H,7H2,1H3,(H,17,18)/b5-3+. The van der Waals surface area contributed by atoms with Crippen LogP contribution in [0.2, 0.25) is 10.0 Å². The molecule has 18 heavy (non-hydrogen) atoms. The molecule has 1 aromatic carbocycles. The fraction of sp³-hybridized carbons (Fsp3) is 0.167. The summed E-state index contributed by atoms with van der Waals surface area (Å²) in [4.78, 5) is 23.0. The zero-order chi connectivity index (χ0) is 13.7. The monoisotopic (exact) mass is 287 g/mol. The molecule has 1 N–H and O–H groups in total. The quantitative estimate of drug-likeness (QED) is 0.866. The normalized spacial score (nSPS) is 10.6. The maximum Gasteiger partial charge on any atom is 0.323 e. The Morgan fingerprint density at radius 3 is 2.61 bits per heavy atom. The van der Waals surface area contributed by atoms with Crippen LogP contribution in [0.15, 0.2) is 24.3 Å². The summed E-state index contributed by atoms with van der Waals surface area (Å²) in [6, 6.07) is 4.89. The second-order valence-corrected chi connectivity index (χ2v) is 4.43. The second kappa shape index (κ2) is 6.42. The molecule has 0 fully saturated rings. The minimum Gasteiger partial charge on any atom is -0.480 e. The average Bonchev–Trinajstić information content (AvgIpc) is 2.26. The highest BCUT2D eigenvalue weighted by Crippen LogP contribution is 2.21. The molecule has 0 spiro atoms. The molecule has 0 aliphatic carbocycles. The van der Waals surface area contributed by atoms with Crippen molar-refractivity contribution < 1.29 is 14.7 Å². The van der Waals surface area contributed by atoms with E-state index in [4.69, 9.17) is 28.3 Å². The predicted molar refractivity (Wildman–Crippen MR) is 70.8 cm³/mol. The Balaban J connectivity index is 2.74. The average molecular weight is 288 g/mol. The molecule has 0 radical (unpaired) electrons. The highest BCUT2D eigenvalue weighted by molar-refractivity contribution is 6.35. The van der Waals surface area contributed by atoms with Gasteiger partial charge in [0.2, 0.25) is 5.91 Å². The molecule has 0 bridgehead atoms. The van der Waals surface area contributed by atoms with Gasteiger partial charge in [-0.3, -0.25) is 9.59 Å². The van der Waals surface area contributed by atoms with Gasteiger partial charge >= 0.3 is 5.97 Å². The number of hydrogen-bond acceptors (Lipinski definition) is 2. The zero-order valence-electron chi connectivity index (χ0n) is 9.56. The van der Waals surface area contributed by atoms with E-state index in [1.165, 1.54) is 19.2 Å². The third-order valence-electron chi connectivity index (χ3n) is 2.12. The smallest absolute Gasteiger partial charge is 0.323 e. The number of nitrogens with zero attached hydrogens (tertiary/aromatic N) is 1. The number of carbonyl (C=O) groups excluding carboxylic acids is 1. The van der Waals surface area contributed by atoms with Crippen LogP contribution in [0, 0.1) is 0 Å². The van der Waals surface area contributed by atoms with Gasteiger partial charge in [0.1, 0.15) is 6.54 Å². The first-order valence-electron chi connectivity index (χ1n) is 5.00. The summed E-state index contributed by atoms with van der Waals surface area (Å²) in [5, 5.41) is 9.47. The maximum atomic E-state index is 11.5. The lowest BCUT2D eigenvalue weighted by Crippen LogP contribution is -2.30. The van der Waals surface area contributed by atoms with Gasteiger partial charge in [-0.15, -0.1) is 0 Å². The first-order valence-corrected chi connectivity index (χ1v) is 5.76. The molecule has 0 aliphatic heterocycles. The lowest BCUT2D eigenvalue weighted by Gasteiger charge is -2.11. The largest absolute Gasteiger partial charge is 0.480 e. The Hall–Kier alpha value is -1.52. The SMILES string of the molecule is CN(CC(=O)O)C(=O)/C=C/c1ccc(Cl)cc1Cl. The first-order chi connectivity index (χ1) is 8.40. The molecule has 0 heterocycles. The molecule has 0 aromatic heterocycles. The van der Waals surface area contributed by atoms with Crippen molar-refractivity contribution in [2.75, 3.05) is 13.6 Å². The van der Waals surface area contributed by atoms with E-state index in [-0.39, 0.29) is 6.54 Å². The molecular weight excluding hydrogens is 277 g/mol. The molecule has 0 atom stereocenters. The van der Waals surface area contributed by atoms with Crippen LogP contribution in [0.3, 0.4) is 0 Å². The van der Waals surface area contributed by atoms with Crippen molar-refractivity contribution in [1.82, 2.24) is 4.90 Å². The first kappa shape index (κ1) is 14.5. The van der Waals surface area contributed by atoms with Crippen molar-refractivity contribution in [1.29, 1.82) is 0 Å². The van der Waals surface area contributed by atoms with Gasteiger partial charge in [0.25, 0.3) is 0 Å². The van der Waals surface area contributed by atoms with Gasteiger partial charge in [-0.05, 0) is 23.8 Å². The van der Waals surface area contributed by atoms with Gasteiger partial charge in [-0.1, -0.05) is 29.3 Å². The van der Waals surface area contributed by atoms with E-state index < -0.39 is 11.9 Å². The summed E-state index contributed by atoms with van der Waals surface area (Å²) in [6.45, 7) is -0.350. The van der Waals surface area contributed by atoms with E-state index in [0.717, 1.165) is 4.90 Å². The predicted octanol–water partition coefficient (Wildman–Crippen LogP) is 2.55. The van der Waals surface area contributed by atoms with Crippen molar-refractivity contribution in [2.45, 2.75) is 0 Å². The number of hydrogen-bond donors (Lipinski definition) is 1. The van der Waals surface area contributed by atoms with Crippen LogP contribution in [0.5, 0.6) is 0 Å². The van der Waals surface area contributed by atoms with Gasteiger partial charge in [0, 0.05) is 23.2 Å². The van der Waals surface area contributed by atoms with Crippen LogP contribution < -0.4 is 0 Å². The summed E-state index contributed by atoms with van der Waals surface area (Å²) >= 11 is 11.7. The minimum atomic E-state index is -1.07. The van der Waals surface area contributed by atoms with Crippen molar-refractivity contribution in [3.05, 3.63) is 39.9 Å². The number of likely N-dealkylation sites (N-methyl/N-ethyl adjacent to an activating group) is 1. The number of carboxylic acid groups (broad SMARTS) is 1. The number of rotatable bonds is 4. The Kier molecular flexibility index (Phi) is 5.19. The molecule has 6 heteroatoms. The van der Waals surface area contributed by atoms with E-state index >= 15 is 0 Å². The fourth-order valence-corrected chi connectivity index (χ4v) is 1.68. The van der Waals surface area contributed by atoms with E-state index in [0.29, 0.717) is 15.6 Å². The second-order valence-electron chi connectivity index (χ2n) is 3.59. The summed E-state index contributed by atoms with van der Waals surface area (Å²) in [6.07, 6.45) is 2.78. The number of halogens is 2. The van der Waals surface area contributed by atoms with Gasteiger partial charge in [-0.25, -0.2) is 0 Å². The van der Waals surface area contributed by atoms with Crippen LogP contribution in [-0.2, 0) is 9.59 Å². The Labute approximate surface area is 114 Å². The minimum absolute atomic E-state index is 0.350. The Bertz CT molecular complexity index is 500. The van der Waals surface area contributed by atoms with Crippen LogP contribution in [0.25, 0.3) is 6.08 Å². The molecular formula is C12H11Cl2NO3.